The van der Waals surface area contributed by atoms with Crippen LogP contribution in [0, 0.1) is 6.92 Å². The Labute approximate surface area is 140 Å². The summed E-state index contributed by atoms with van der Waals surface area (Å²) in [6.45, 7) is 2.04. The van der Waals surface area contributed by atoms with Crippen molar-refractivity contribution in [2.45, 2.75) is 26.2 Å². The van der Waals surface area contributed by atoms with Crippen LogP contribution in [0.3, 0.4) is 0 Å². The molecular weight excluding hydrogens is 314 g/mol. The SMILES string of the molecule is Cc1ccc(CCCC(=O)Nc2ccc(Cl)c(C(=O)O)c2)cc1. The summed E-state index contributed by atoms with van der Waals surface area (Å²) >= 11 is 5.80. The highest BCUT2D eigenvalue weighted by molar-refractivity contribution is 6.33. The van der Waals surface area contributed by atoms with Crippen LogP contribution in [0.15, 0.2) is 42.5 Å². The third kappa shape index (κ3) is 5.11. The molecule has 0 unspecified atom stereocenters. The monoisotopic (exact) mass is 331 g/mol. The second-order valence-electron chi connectivity index (χ2n) is 5.39. The van der Waals surface area contributed by atoms with Crippen molar-refractivity contribution in [2.75, 3.05) is 5.32 Å². The average Bonchev–Trinajstić information content (AvgIpc) is 2.51. The van der Waals surface area contributed by atoms with E-state index in [1.54, 1.807) is 6.07 Å². The first-order valence-electron chi connectivity index (χ1n) is 7.34. The van der Waals surface area contributed by atoms with Crippen molar-refractivity contribution in [2.24, 2.45) is 0 Å². The van der Waals surface area contributed by atoms with Crippen molar-refractivity contribution in [3.8, 4) is 0 Å². The van der Waals surface area contributed by atoms with E-state index in [2.05, 4.69) is 29.6 Å². The Morgan fingerprint density at radius 2 is 1.83 bits per heavy atom. The molecule has 0 fully saturated rings. The van der Waals surface area contributed by atoms with E-state index in [-0.39, 0.29) is 16.5 Å². The number of carboxylic acids is 1. The van der Waals surface area contributed by atoms with Gasteiger partial charge in [-0.1, -0.05) is 41.4 Å². The number of aromatic carboxylic acids is 1. The lowest BCUT2D eigenvalue weighted by Crippen LogP contribution is -2.12. The van der Waals surface area contributed by atoms with Crippen molar-refractivity contribution < 1.29 is 14.7 Å². The van der Waals surface area contributed by atoms with Crippen molar-refractivity contribution in [3.63, 3.8) is 0 Å². The number of carbonyl (C=O) groups is 2. The molecular formula is C18H18ClNO3. The normalized spacial score (nSPS) is 10.3. The Balaban J connectivity index is 1.86. The fourth-order valence-corrected chi connectivity index (χ4v) is 2.40. The topological polar surface area (TPSA) is 66.4 Å². The molecule has 0 aromatic heterocycles. The lowest BCUT2D eigenvalue weighted by molar-refractivity contribution is -0.116. The zero-order chi connectivity index (χ0) is 16.8. The van der Waals surface area contributed by atoms with Crippen molar-refractivity contribution in [1.29, 1.82) is 0 Å². The Kier molecular flexibility index (Phi) is 5.77. The Hall–Kier alpha value is -2.33. The number of amides is 1. The molecule has 0 aliphatic rings. The number of nitrogens with one attached hydrogen (secondary N) is 1. The van der Waals surface area contributed by atoms with E-state index in [0.29, 0.717) is 12.1 Å². The van der Waals surface area contributed by atoms with E-state index >= 15 is 0 Å². The summed E-state index contributed by atoms with van der Waals surface area (Å²) in [4.78, 5) is 22.9. The van der Waals surface area contributed by atoms with Crippen molar-refractivity contribution in [1.82, 2.24) is 0 Å². The smallest absolute Gasteiger partial charge is 0.337 e. The zero-order valence-corrected chi connectivity index (χ0v) is 13.6. The molecule has 2 aromatic rings. The molecule has 120 valence electrons. The second kappa shape index (κ2) is 7.79. The number of benzene rings is 2. The second-order valence-corrected chi connectivity index (χ2v) is 5.79. The molecule has 0 aliphatic heterocycles. The lowest BCUT2D eigenvalue weighted by atomic mass is 10.1. The van der Waals surface area contributed by atoms with E-state index in [9.17, 15) is 9.59 Å². The number of aryl methyl sites for hydroxylation is 2. The largest absolute Gasteiger partial charge is 0.478 e. The molecule has 0 saturated carbocycles. The van der Waals surface area contributed by atoms with Gasteiger partial charge in [0.2, 0.25) is 5.91 Å². The standard InChI is InChI=1S/C18H18ClNO3/c1-12-5-7-13(8-6-12)3-2-4-17(21)20-14-9-10-16(19)15(11-14)18(22)23/h5-11H,2-4H2,1H3,(H,20,21)(H,22,23). The molecule has 1 amide bonds. The molecule has 4 nitrogen and oxygen atoms in total. The maximum absolute atomic E-state index is 11.9. The fourth-order valence-electron chi connectivity index (χ4n) is 2.20. The minimum Gasteiger partial charge on any atom is -0.478 e. The molecule has 0 radical (unpaired) electrons. The van der Waals surface area contributed by atoms with Gasteiger partial charge in [-0.15, -0.1) is 0 Å². The van der Waals surface area contributed by atoms with Gasteiger partial charge in [0.25, 0.3) is 0 Å². The maximum atomic E-state index is 11.9. The van der Waals surface area contributed by atoms with Gasteiger partial charge in [0.05, 0.1) is 10.6 Å². The molecule has 0 atom stereocenters. The molecule has 2 rings (SSSR count). The number of carboxylic acid groups (broad SMARTS) is 1. The molecule has 0 bridgehead atoms. The Bertz CT molecular complexity index is 711. The third-order valence-electron chi connectivity index (χ3n) is 3.47. The molecule has 5 heteroatoms. The highest BCUT2D eigenvalue weighted by Crippen LogP contribution is 2.21. The van der Waals surface area contributed by atoms with Crippen LogP contribution in [0.2, 0.25) is 5.02 Å². The van der Waals surface area contributed by atoms with E-state index in [1.807, 2.05) is 6.92 Å². The highest BCUT2D eigenvalue weighted by Gasteiger charge is 2.10. The first-order chi connectivity index (χ1) is 11.0. The third-order valence-corrected chi connectivity index (χ3v) is 3.80. The van der Waals surface area contributed by atoms with E-state index in [4.69, 9.17) is 16.7 Å². The molecule has 2 aromatic carbocycles. The van der Waals surface area contributed by atoms with Gasteiger partial charge >= 0.3 is 5.97 Å². The van der Waals surface area contributed by atoms with E-state index in [0.717, 1.165) is 12.8 Å². The van der Waals surface area contributed by atoms with Gasteiger partial charge in [0, 0.05) is 12.1 Å². The number of hydrogen-bond acceptors (Lipinski definition) is 2. The van der Waals surface area contributed by atoms with E-state index in [1.165, 1.54) is 23.3 Å². The predicted molar refractivity (Wildman–Crippen MR) is 91.2 cm³/mol. The van der Waals surface area contributed by atoms with Crippen LogP contribution in [0.1, 0.15) is 34.3 Å². The maximum Gasteiger partial charge on any atom is 0.337 e. The summed E-state index contributed by atoms with van der Waals surface area (Å²) in [6.07, 6.45) is 1.93. The number of halogens is 1. The minimum atomic E-state index is -1.12. The average molecular weight is 332 g/mol. The first kappa shape index (κ1) is 17.0. The van der Waals surface area contributed by atoms with Crippen molar-refractivity contribution >= 4 is 29.2 Å². The van der Waals surface area contributed by atoms with Crippen LogP contribution < -0.4 is 5.32 Å². The number of carbonyl (C=O) groups excluding carboxylic acids is 1. The van der Waals surface area contributed by atoms with Gasteiger partial charge in [0.15, 0.2) is 0 Å². The number of anilines is 1. The summed E-state index contributed by atoms with van der Waals surface area (Å²) in [5, 5.41) is 11.9. The summed E-state index contributed by atoms with van der Waals surface area (Å²) in [6, 6.07) is 12.6. The fraction of sp³-hybridized carbons (Fsp3) is 0.222. The van der Waals surface area contributed by atoms with Crippen LogP contribution in [-0.4, -0.2) is 17.0 Å². The van der Waals surface area contributed by atoms with Gasteiger partial charge in [-0.3, -0.25) is 4.79 Å². The number of rotatable bonds is 6. The Morgan fingerprint density at radius 3 is 2.48 bits per heavy atom. The number of hydrogen-bond donors (Lipinski definition) is 2. The zero-order valence-electron chi connectivity index (χ0n) is 12.8. The molecule has 0 spiro atoms. The van der Waals surface area contributed by atoms with Crippen LogP contribution in [-0.2, 0) is 11.2 Å². The highest BCUT2D eigenvalue weighted by atomic mass is 35.5. The summed E-state index contributed by atoms with van der Waals surface area (Å²) < 4.78 is 0. The van der Waals surface area contributed by atoms with Crippen molar-refractivity contribution in [3.05, 3.63) is 64.2 Å². The summed E-state index contributed by atoms with van der Waals surface area (Å²) in [7, 11) is 0. The van der Waals surface area contributed by atoms with Gasteiger partial charge in [0.1, 0.15) is 0 Å². The lowest BCUT2D eigenvalue weighted by Gasteiger charge is -2.07. The molecule has 23 heavy (non-hydrogen) atoms. The van der Waals surface area contributed by atoms with Crippen LogP contribution in [0.5, 0.6) is 0 Å². The minimum absolute atomic E-state index is 0.0240. The first-order valence-corrected chi connectivity index (χ1v) is 7.72. The van der Waals surface area contributed by atoms with Crippen LogP contribution in [0.4, 0.5) is 5.69 Å². The van der Waals surface area contributed by atoms with Gasteiger partial charge in [-0.05, 0) is 43.5 Å². The molecule has 0 heterocycles. The quantitative estimate of drug-likeness (QED) is 0.829. The summed E-state index contributed by atoms with van der Waals surface area (Å²) in [5.41, 5.74) is 2.82. The van der Waals surface area contributed by atoms with Crippen LogP contribution >= 0.6 is 11.6 Å². The van der Waals surface area contributed by atoms with Gasteiger partial charge in [-0.2, -0.15) is 0 Å². The van der Waals surface area contributed by atoms with Crippen LogP contribution in [0.25, 0.3) is 0 Å². The predicted octanol–water partition coefficient (Wildman–Crippen LogP) is 4.31. The summed E-state index contributed by atoms with van der Waals surface area (Å²) in [5.74, 6) is -1.26. The van der Waals surface area contributed by atoms with Gasteiger partial charge < -0.3 is 10.4 Å². The Morgan fingerprint density at radius 1 is 1.13 bits per heavy atom. The molecule has 2 N–H and O–H groups in total. The molecule has 0 saturated heterocycles. The van der Waals surface area contributed by atoms with E-state index < -0.39 is 5.97 Å². The van der Waals surface area contributed by atoms with Gasteiger partial charge in [-0.25, -0.2) is 4.79 Å². The molecule has 0 aliphatic carbocycles.